The molecule has 5 heteroatoms. The molecule has 2 unspecified atom stereocenters. The van der Waals surface area contributed by atoms with E-state index in [4.69, 9.17) is 5.11 Å². The molecule has 0 radical (unpaired) electrons. The van der Waals surface area contributed by atoms with Crippen molar-refractivity contribution in [1.82, 2.24) is 0 Å². The number of aromatic carboxylic acids is 1. The summed E-state index contributed by atoms with van der Waals surface area (Å²) in [5, 5.41) is 9.15. The number of carbonyl (C=O) groups excluding carboxylic acids is 2. The summed E-state index contributed by atoms with van der Waals surface area (Å²) in [6, 6.07) is 4.72. The van der Waals surface area contributed by atoms with E-state index in [-0.39, 0.29) is 34.9 Å². The van der Waals surface area contributed by atoms with Crippen LogP contribution in [0.2, 0.25) is 0 Å². The Morgan fingerprint density at radius 1 is 1.28 bits per heavy atom. The highest BCUT2D eigenvalue weighted by atomic mass is 16.4. The molecule has 92 valence electrons. The van der Waals surface area contributed by atoms with Crippen molar-refractivity contribution in [2.24, 2.45) is 11.8 Å². The number of carboxylic acid groups (broad SMARTS) is 1. The molecule has 2 aliphatic rings. The van der Waals surface area contributed by atoms with Gasteiger partial charge in [0.15, 0.2) is 0 Å². The lowest BCUT2D eigenvalue weighted by Crippen LogP contribution is -2.34. The van der Waals surface area contributed by atoms with Crippen LogP contribution in [0.5, 0.6) is 0 Å². The van der Waals surface area contributed by atoms with E-state index in [1.807, 2.05) is 0 Å². The number of fused-ring (bicyclic) bond motifs is 1. The summed E-state index contributed by atoms with van der Waals surface area (Å²) in [4.78, 5) is 36.2. The number of hydrogen-bond donors (Lipinski definition) is 1. The number of amides is 2. The van der Waals surface area contributed by atoms with Gasteiger partial charge < -0.3 is 5.11 Å². The van der Waals surface area contributed by atoms with Gasteiger partial charge in [-0.2, -0.15) is 0 Å². The summed E-state index contributed by atoms with van der Waals surface area (Å²) >= 11 is 0. The number of piperidine rings is 1. The lowest BCUT2D eigenvalue weighted by atomic mass is 10.1. The Bertz CT molecular complexity index is 573. The number of rotatable bonds is 2. The maximum Gasteiger partial charge on any atom is 0.337 e. The number of nitrogens with zero attached hydrogens (tertiary/aromatic N) is 1. The largest absolute Gasteiger partial charge is 0.478 e. The molecule has 1 saturated carbocycles. The fourth-order valence-corrected chi connectivity index (χ4v) is 2.53. The van der Waals surface area contributed by atoms with Gasteiger partial charge in [0.1, 0.15) is 0 Å². The van der Waals surface area contributed by atoms with Crippen LogP contribution in [0, 0.1) is 18.8 Å². The summed E-state index contributed by atoms with van der Waals surface area (Å²) < 4.78 is 0. The predicted octanol–water partition coefficient (Wildman–Crippen LogP) is 1.20. The minimum Gasteiger partial charge on any atom is -0.478 e. The quantitative estimate of drug-likeness (QED) is 0.794. The second-order valence-corrected chi connectivity index (χ2v) is 4.74. The van der Waals surface area contributed by atoms with Gasteiger partial charge in [0.2, 0.25) is 11.8 Å². The summed E-state index contributed by atoms with van der Waals surface area (Å²) in [5.41, 5.74) is 0.850. The predicted molar refractivity (Wildman–Crippen MR) is 62.2 cm³/mol. The number of benzene rings is 1. The molecule has 1 aliphatic heterocycles. The van der Waals surface area contributed by atoms with Crippen molar-refractivity contribution in [1.29, 1.82) is 0 Å². The Labute approximate surface area is 103 Å². The first-order valence-corrected chi connectivity index (χ1v) is 5.73. The van der Waals surface area contributed by atoms with E-state index in [1.54, 1.807) is 19.1 Å². The van der Waals surface area contributed by atoms with Crippen molar-refractivity contribution in [2.75, 3.05) is 4.90 Å². The van der Waals surface area contributed by atoms with Gasteiger partial charge in [-0.15, -0.1) is 0 Å². The summed E-state index contributed by atoms with van der Waals surface area (Å²) in [7, 11) is 0. The number of carboxylic acids is 1. The van der Waals surface area contributed by atoms with E-state index in [0.717, 1.165) is 4.90 Å². The van der Waals surface area contributed by atoms with Gasteiger partial charge in [-0.1, -0.05) is 12.1 Å². The number of imide groups is 1. The lowest BCUT2D eigenvalue weighted by Gasteiger charge is -2.20. The first-order chi connectivity index (χ1) is 8.52. The van der Waals surface area contributed by atoms with Crippen LogP contribution in [0.3, 0.4) is 0 Å². The van der Waals surface area contributed by atoms with Gasteiger partial charge >= 0.3 is 5.97 Å². The van der Waals surface area contributed by atoms with Gasteiger partial charge in [-0.05, 0) is 25.0 Å². The van der Waals surface area contributed by atoms with E-state index in [9.17, 15) is 14.4 Å². The number of anilines is 1. The van der Waals surface area contributed by atoms with Crippen LogP contribution in [0.15, 0.2) is 18.2 Å². The molecule has 1 aliphatic carbocycles. The third-order valence-corrected chi connectivity index (χ3v) is 3.56. The van der Waals surface area contributed by atoms with Gasteiger partial charge in [0, 0.05) is 0 Å². The monoisotopic (exact) mass is 245 g/mol. The average molecular weight is 245 g/mol. The van der Waals surface area contributed by atoms with Crippen LogP contribution in [-0.4, -0.2) is 22.9 Å². The summed E-state index contributed by atoms with van der Waals surface area (Å²) in [5.74, 6) is -2.10. The molecule has 0 aromatic heterocycles. The highest BCUT2D eigenvalue weighted by Gasteiger charge is 2.59. The molecule has 2 atom stereocenters. The van der Waals surface area contributed by atoms with E-state index < -0.39 is 5.97 Å². The Morgan fingerprint density at radius 2 is 1.89 bits per heavy atom. The molecule has 1 aromatic rings. The van der Waals surface area contributed by atoms with Crippen LogP contribution >= 0.6 is 0 Å². The zero-order valence-electron chi connectivity index (χ0n) is 9.71. The number of para-hydroxylation sites is 1. The van der Waals surface area contributed by atoms with E-state index in [1.165, 1.54) is 6.07 Å². The number of aryl methyl sites for hydroxylation is 1. The molecule has 1 heterocycles. The van der Waals surface area contributed by atoms with Crippen LogP contribution in [0.25, 0.3) is 0 Å². The number of carbonyl (C=O) groups is 3. The second-order valence-electron chi connectivity index (χ2n) is 4.74. The second kappa shape index (κ2) is 3.41. The fraction of sp³-hybridized carbons (Fsp3) is 0.308. The van der Waals surface area contributed by atoms with Crippen LogP contribution in [0.1, 0.15) is 22.3 Å². The van der Waals surface area contributed by atoms with Crippen molar-refractivity contribution in [3.63, 3.8) is 0 Å². The van der Waals surface area contributed by atoms with Gasteiger partial charge in [-0.25, -0.2) is 9.69 Å². The summed E-state index contributed by atoms with van der Waals surface area (Å²) in [6.45, 7) is 1.70. The topological polar surface area (TPSA) is 74.7 Å². The van der Waals surface area contributed by atoms with Crippen molar-refractivity contribution in [2.45, 2.75) is 13.3 Å². The van der Waals surface area contributed by atoms with Crippen LogP contribution in [0.4, 0.5) is 5.69 Å². The van der Waals surface area contributed by atoms with Gasteiger partial charge in [0.05, 0.1) is 23.1 Å². The van der Waals surface area contributed by atoms with Crippen LogP contribution in [-0.2, 0) is 9.59 Å². The first kappa shape index (κ1) is 11.0. The molecule has 18 heavy (non-hydrogen) atoms. The maximum atomic E-state index is 12.0. The fourth-order valence-electron chi connectivity index (χ4n) is 2.53. The van der Waals surface area contributed by atoms with Crippen LogP contribution < -0.4 is 4.90 Å². The van der Waals surface area contributed by atoms with Gasteiger partial charge in [-0.3, -0.25) is 9.59 Å². The molecule has 1 aromatic carbocycles. The minimum atomic E-state index is -1.13. The molecule has 2 amide bonds. The van der Waals surface area contributed by atoms with Crippen molar-refractivity contribution in [3.8, 4) is 0 Å². The third-order valence-electron chi connectivity index (χ3n) is 3.56. The summed E-state index contributed by atoms with van der Waals surface area (Å²) in [6.07, 6.45) is 0.614. The first-order valence-electron chi connectivity index (χ1n) is 5.73. The molecule has 2 fully saturated rings. The molecular formula is C13H11NO4. The average Bonchev–Trinajstić information content (AvgIpc) is 3.06. The standard InChI is InChI=1S/C13H11NO4/c1-6-3-2-4-7(13(17)18)10(6)14-11(15)8-5-9(8)12(14)16/h2-4,8-9H,5H2,1H3,(H,17,18). The molecule has 0 spiro atoms. The molecule has 0 bridgehead atoms. The zero-order valence-corrected chi connectivity index (χ0v) is 9.71. The minimum absolute atomic E-state index is 0.00185. The Morgan fingerprint density at radius 3 is 2.44 bits per heavy atom. The SMILES string of the molecule is Cc1cccc(C(=O)O)c1N1C(=O)C2CC2C1=O. The molecule has 5 nitrogen and oxygen atoms in total. The number of hydrogen-bond acceptors (Lipinski definition) is 3. The molecular weight excluding hydrogens is 234 g/mol. The molecule has 1 N–H and O–H groups in total. The van der Waals surface area contributed by atoms with E-state index >= 15 is 0 Å². The van der Waals surface area contributed by atoms with Gasteiger partial charge in [0.25, 0.3) is 0 Å². The van der Waals surface area contributed by atoms with E-state index in [2.05, 4.69) is 0 Å². The normalized spacial score (nSPS) is 25.3. The molecule has 3 rings (SSSR count). The molecule has 1 saturated heterocycles. The Balaban J connectivity index is 2.15. The highest BCUT2D eigenvalue weighted by Crippen LogP contribution is 2.49. The maximum absolute atomic E-state index is 12.0. The highest BCUT2D eigenvalue weighted by molar-refractivity contribution is 6.26. The Hall–Kier alpha value is -2.17. The lowest BCUT2D eigenvalue weighted by molar-refractivity contribution is -0.123. The van der Waals surface area contributed by atoms with Crippen molar-refractivity contribution >= 4 is 23.5 Å². The van der Waals surface area contributed by atoms with Crippen molar-refractivity contribution in [3.05, 3.63) is 29.3 Å². The smallest absolute Gasteiger partial charge is 0.337 e. The Kier molecular flexibility index (Phi) is 2.08. The van der Waals surface area contributed by atoms with Crippen molar-refractivity contribution < 1.29 is 19.5 Å². The zero-order chi connectivity index (χ0) is 13.0. The third kappa shape index (κ3) is 1.30. The van der Waals surface area contributed by atoms with E-state index in [0.29, 0.717) is 12.0 Å².